The third-order valence-corrected chi connectivity index (χ3v) is 3.46. The number of aromatic hydroxyl groups is 2. The Morgan fingerprint density at radius 1 is 1.48 bits per heavy atom. The van der Waals surface area contributed by atoms with Gasteiger partial charge in [-0.25, -0.2) is 4.79 Å². The zero-order chi connectivity index (χ0) is 17.1. The van der Waals surface area contributed by atoms with E-state index in [-0.39, 0.29) is 40.7 Å². The minimum Gasteiger partial charge on any atom is -0.504 e. The molecule has 0 fully saturated rings. The molecule has 1 atom stereocenters. The van der Waals surface area contributed by atoms with E-state index in [2.05, 4.69) is 0 Å². The SMILES string of the molecule is CCOC(=O)C1=C(C)OC(N)=C(C#N)C1c1cccc(O)c1O. The molecule has 23 heavy (non-hydrogen) atoms. The Morgan fingerprint density at radius 2 is 2.17 bits per heavy atom. The summed E-state index contributed by atoms with van der Waals surface area (Å²) in [5, 5.41) is 29.2. The molecule has 1 heterocycles. The number of nitrogens with zero attached hydrogens (tertiary/aromatic N) is 1. The van der Waals surface area contributed by atoms with Gasteiger partial charge >= 0.3 is 5.97 Å². The van der Waals surface area contributed by atoms with Crippen LogP contribution in [0.1, 0.15) is 25.3 Å². The third kappa shape index (κ3) is 2.79. The van der Waals surface area contributed by atoms with Crippen LogP contribution >= 0.6 is 0 Å². The molecule has 7 heteroatoms. The maximum Gasteiger partial charge on any atom is 0.338 e. The first-order valence-electron chi connectivity index (χ1n) is 6.88. The molecule has 4 N–H and O–H groups in total. The lowest BCUT2D eigenvalue weighted by Gasteiger charge is -2.27. The van der Waals surface area contributed by atoms with Gasteiger partial charge in [-0.05, 0) is 19.9 Å². The molecule has 0 saturated carbocycles. The highest BCUT2D eigenvalue weighted by Gasteiger charge is 2.38. The number of para-hydroxylation sites is 1. The van der Waals surface area contributed by atoms with Crippen molar-refractivity contribution in [2.75, 3.05) is 6.61 Å². The summed E-state index contributed by atoms with van der Waals surface area (Å²) in [6, 6.07) is 6.16. The highest BCUT2D eigenvalue weighted by molar-refractivity contribution is 5.92. The number of rotatable bonds is 3. The van der Waals surface area contributed by atoms with Crippen molar-refractivity contribution >= 4 is 5.97 Å². The van der Waals surface area contributed by atoms with Crippen LogP contribution < -0.4 is 5.73 Å². The molecule has 1 aliphatic rings. The van der Waals surface area contributed by atoms with E-state index >= 15 is 0 Å². The molecule has 0 saturated heterocycles. The summed E-state index contributed by atoms with van der Waals surface area (Å²) in [6.07, 6.45) is 0. The number of hydrogen-bond acceptors (Lipinski definition) is 7. The molecule has 1 aromatic rings. The summed E-state index contributed by atoms with van der Waals surface area (Å²) in [5.41, 5.74) is 5.91. The lowest BCUT2D eigenvalue weighted by molar-refractivity contribution is -0.139. The summed E-state index contributed by atoms with van der Waals surface area (Å²) in [7, 11) is 0. The van der Waals surface area contributed by atoms with Crippen LogP contribution in [-0.2, 0) is 14.3 Å². The number of phenolic OH excluding ortho intramolecular Hbond substituents is 2. The van der Waals surface area contributed by atoms with Crippen LogP contribution in [0.4, 0.5) is 0 Å². The average molecular weight is 316 g/mol. The van der Waals surface area contributed by atoms with Crippen molar-refractivity contribution < 1.29 is 24.5 Å². The molecule has 0 aliphatic carbocycles. The third-order valence-electron chi connectivity index (χ3n) is 3.46. The topological polar surface area (TPSA) is 126 Å². The van der Waals surface area contributed by atoms with Crippen LogP contribution in [0.2, 0.25) is 0 Å². The second kappa shape index (κ2) is 6.32. The van der Waals surface area contributed by atoms with E-state index in [0.29, 0.717) is 0 Å². The predicted octanol–water partition coefficient (Wildman–Crippen LogP) is 1.74. The van der Waals surface area contributed by atoms with E-state index in [0.717, 1.165) is 0 Å². The molecule has 1 aliphatic heterocycles. The minimum atomic E-state index is -0.986. The largest absolute Gasteiger partial charge is 0.504 e. The number of allylic oxidation sites excluding steroid dienone is 2. The van der Waals surface area contributed by atoms with E-state index in [9.17, 15) is 20.3 Å². The fraction of sp³-hybridized carbons (Fsp3) is 0.250. The van der Waals surface area contributed by atoms with Crippen molar-refractivity contribution in [3.05, 3.63) is 46.6 Å². The quantitative estimate of drug-likeness (QED) is 0.572. The summed E-state index contributed by atoms with van der Waals surface area (Å²) in [5.74, 6) is -2.46. The summed E-state index contributed by atoms with van der Waals surface area (Å²) >= 11 is 0. The van der Waals surface area contributed by atoms with E-state index in [4.69, 9.17) is 15.2 Å². The van der Waals surface area contributed by atoms with Gasteiger partial charge in [0.15, 0.2) is 11.5 Å². The fourth-order valence-electron chi connectivity index (χ4n) is 2.45. The molecule has 2 rings (SSSR count). The standard InChI is InChI=1S/C16H16N2O5/c1-3-22-16(21)12-8(2)23-15(18)10(7-17)13(12)9-5-4-6-11(19)14(9)20/h4-6,13,19-20H,3,18H2,1-2H3. The number of nitriles is 1. The van der Waals surface area contributed by atoms with Gasteiger partial charge in [-0.15, -0.1) is 0 Å². The van der Waals surface area contributed by atoms with Gasteiger partial charge < -0.3 is 25.4 Å². The fourth-order valence-corrected chi connectivity index (χ4v) is 2.45. The van der Waals surface area contributed by atoms with Crippen LogP contribution in [0, 0.1) is 11.3 Å². The van der Waals surface area contributed by atoms with Crippen molar-refractivity contribution in [3.8, 4) is 17.6 Å². The van der Waals surface area contributed by atoms with Gasteiger partial charge in [0.25, 0.3) is 0 Å². The Labute approximate surface area is 132 Å². The maximum absolute atomic E-state index is 12.3. The van der Waals surface area contributed by atoms with E-state index < -0.39 is 17.6 Å². The first-order valence-corrected chi connectivity index (χ1v) is 6.88. The Balaban J connectivity index is 2.69. The van der Waals surface area contributed by atoms with Crippen LogP contribution in [0.15, 0.2) is 41.0 Å². The number of carbonyl (C=O) groups is 1. The maximum atomic E-state index is 12.3. The number of ether oxygens (including phenoxy) is 2. The molecule has 0 spiro atoms. The molecule has 7 nitrogen and oxygen atoms in total. The number of nitrogens with two attached hydrogens (primary N) is 1. The molecular formula is C16H16N2O5. The van der Waals surface area contributed by atoms with Crippen LogP contribution in [-0.4, -0.2) is 22.8 Å². The van der Waals surface area contributed by atoms with Gasteiger partial charge in [-0.2, -0.15) is 5.26 Å². The van der Waals surface area contributed by atoms with Gasteiger partial charge in [0.2, 0.25) is 5.88 Å². The molecule has 0 radical (unpaired) electrons. The van der Waals surface area contributed by atoms with E-state index in [1.165, 1.54) is 25.1 Å². The number of carbonyl (C=O) groups excluding carboxylic acids is 1. The van der Waals surface area contributed by atoms with Gasteiger partial charge in [-0.3, -0.25) is 0 Å². The van der Waals surface area contributed by atoms with Crippen molar-refractivity contribution in [2.24, 2.45) is 5.73 Å². The van der Waals surface area contributed by atoms with Crippen LogP contribution in [0.5, 0.6) is 11.5 Å². The highest BCUT2D eigenvalue weighted by Crippen LogP contribution is 2.44. The Morgan fingerprint density at radius 3 is 2.78 bits per heavy atom. The second-order valence-electron chi connectivity index (χ2n) is 4.83. The van der Waals surface area contributed by atoms with Gasteiger partial charge in [0.1, 0.15) is 17.4 Å². The number of benzene rings is 1. The highest BCUT2D eigenvalue weighted by atomic mass is 16.5. The first kappa shape index (κ1) is 16.2. The monoisotopic (exact) mass is 316 g/mol. The molecule has 0 amide bonds. The number of hydrogen-bond donors (Lipinski definition) is 3. The zero-order valence-corrected chi connectivity index (χ0v) is 12.7. The smallest absolute Gasteiger partial charge is 0.338 e. The first-order chi connectivity index (χ1) is 10.9. The number of phenols is 2. The summed E-state index contributed by atoms with van der Waals surface area (Å²) in [6.45, 7) is 3.29. The Kier molecular flexibility index (Phi) is 4.46. The van der Waals surface area contributed by atoms with Crippen molar-refractivity contribution in [2.45, 2.75) is 19.8 Å². The van der Waals surface area contributed by atoms with Gasteiger partial charge in [-0.1, -0.05) is 12.1 Å². The van der Waals surface area contributed by atoms with E-state index in [1.54, 1.807) is 6.92 Å². The number of esters is 1. The minimum absolute atomic E-state index is 0.0421. The van der Waals surface area contributed by atoms with Crippen molar-refractivity contribution in [3.63, 3.8) is 0 Å². The Bertz CT molecular complexity index is 758. The van der Waals surface area contributed by atoms with Gasteiger partial charge in [0.05, 0.1) is 18.1 Å². The van der Waals surface area contributed by atoms with E-state index in [1.807, 2.05) is 6.07 Å². The van der Waals surface area contributed by atoms with Crippen LogP contribution in [0.3, 0.4) is 0 Å². The average Bonchev–Trinajstić information content (AvgIpc) is 2.49. The lowest BCUT2D eigenvalue weighted by Crippen LogP contribution is -2.25. The molecular weight excluding hydrogens is 300 g/mol. The molecule has 1 unspecified atom stereocenters. The normalized spacial score (nSPS) is 17.5. The second-order valence-corrected chi connectivity index (χ2v) is 4.83. The van der Waals surface area contributed by atoms with Crippen LogP contribution in [0.25, 0.3) is 0 Å². The zero-order valence-electron chi connectivity index (χ0n) is 12.7. The molecule has 0 bridgehead atoms. The summed E-state index contributed by atoms with van der Waals surface area (Å²) in [4.78, 5) is 12.3. The lowest BCUT2D eigenvalue weighted by atomic mass is 9.82. The van der Waals surface area contributed by atoms with Crippen molar-refractivity contribution in [1.29, 1.82) is 5.26 Å². The van der Waals surface area contributed by atoms with Crippen molar-refractivity contribution in [1.82, 2.24) is 0 Å². The molecule has 1 aromatic carbocycles. The summed E-state index contributed by atoms with van der Waals surface area (Å²) < 4.78 is 10.3. The molecule has 120 valence electrons. The molecule has 0 aromatic heterocycles. The van der Waals surface area contributed by atoms with Gasteiger partial charge in [0, 0.05) is 5.56 Å². The Hall–Kier alpha value is -3.14. The predicted molar refractivity (Wildman–Crippen MR) is 79.8 cm³/mol.